The fourth-order valence-corrected chi connectivity index (χ4v) is 2.54. The van der Waals surface area contributed by atoms with Crippen LogP contribution in [0.2, 0.25) is 0 Å². The van der Waals surface area contributed by atoms with Crippen molar-refractivity contribution in [1.29, 1.82) is 0 Å². The van der Waals surface area contributed by atoms with Gasteiger partial charge in [0.15, 0.2) is 5.13 Å². The van der Waals surface area contributed by atoms with Crippen LogP contribution in [0.25, 0.3) is 0 Å². The molecule has 2 rings (SSSR count). The third kappa shape index (κ3) is 5.00. The molecule has 0 amide bonds. The molecule has 4 nitrogen and oxygen atoms in total. The highest BCUT2D eigenvalue weighted by molar-refractivity contribution is 7.15. The van der Waals surface area contributed by atoms with Gasteiger partial charge in [-0.15, -0.1) is 23.7 Å². The average molecular weight is 314 g/mol. The fraction of sp³-hybridized carbons (Fsp3) is 0.357. The standard InChI is InChI=1S/C14H19N3OS.ClH/c1-11-5-3-4-6-13(11)18-8-7-17(2)10-12-9-16-14(15)19-12;/h3-6,9H,7-8,10H2,1-2H3,(H2,15,16);1H. The Labute approximate surface area is 130 Å². The van der Waals surface area contributed by atoms with Crippen molar-refractivity contribution in [2.24, 2.45) is 0 Å². The van der Waals surface area contributed by atoms with Crippen LogP contribution in [-0.4, -0.2) is 30.1 Å². The number of nitrogen functional groups attached to an aromatic ring is 1. The lowest BCUT2D eigenvalue weighted by Crippen LogP contribution is -2.23. The van der Waals surface area contributed by atoms with E-state index in [-0.39, 0.29) is 12.4 Å². The maximum atomic E-state index is 5.77. The van der Waals surface area contributed by atoms with E-state index in [1.54, 1.807) is 0 Å². The predicted molar refractivity (Wildman–Crippen MR) is 86.8 cm³/mol. The zero-order valence-electron chi connectivity index (χ0n) is 11.7. The lowest BCUT2D eigenvalue weighted by molar-refractivity contribution is 0.233. The number of hydrogen-bond acceptors (Lipinski definition) is 5. The molecule has 110 valence electrons. The molecular weight excluding hydrogens is 294 g/mol. The summed E-state index contributed by atoms with van der Waals surface area (Å²) in [6.45, 7) is 4.45. The molecule has 0 aliphatic heterocycles. The van der Waals surface area contributed by atoms with Gasteiger partial charge in [-0.25, -0.2) is 4.98 Å². The minimum atomic E-state index is 0. The summed E-state index contributed by atoms with van der Waals surface area (Å²) in [7, 11) is 2.07. The van der Waals surface area contributed by atoms with E-state index >= 15 is 0 Å². The van der Waals surface area contributed by atoms with Gasteiger partial charge in [0.1, 0.15) is 12.4 Å². The lowest BCUT2D eigenvalue weighted by atomic mass is 10.2. The number of para-hydroxylation sites is 1. The Kier molecular flexibility index (Phi) is 6.78. The van der Waals surface area contributed by atoms with E-state index in [4.69, 9.17) is 10.5 Å². The molecule has 6 heteroatoms. The first kappa shape index (κ1) is 16.8. The van der Waals surface area contributed by atoms with E-state index in [0.29, 0.717) is 11.7 Å². The smallest absolute Gasteiger partial charge is 0.180 e. The van der Waals surface area contributed by atoms with Crippen LogP contribution in [0.15, 0.2) is 30.5 Å². The number of anilines is 1. The van der Waals surface area contributed by atoms with Crippen molar-refractivity contribution in [1.82, 2.24) is 9.88 Å². The molecule has 0 fully saturated rings. The summed E-state index contributed by atoms with van der Waals surface area (Å²) in [6, 6.07) is 8.06. The van der Waals surface area contributed by atoms with Crippen LogP contribution in [0, 0.1) is 6.92 Å². The number of likely N-dealkylation sites (N-methyl/N-ethyl adjacent to an activating group) is 1. The number of halogens is 1. The maximum absolute atomic E-state index is 5.77. The Balaban J connectivity index is 0.00000200. The number of nitrogens with two attached hydrogens (primary N) is 1. The lowest BCUT2D eigenvalue weighted by Gasteiger charge is -2.16. The summed E-state index contributed by atoms with van der Waals surface area (Å²) in [5.41, 5.74) is 6.78. The monoisotopic (exact) mass is 313 g/mol. The van der Waals surface area contributed by atoms with Gasteiger partial charge in [0.05, 0.1) is 0 Å². The number of benzene rings is 1. The largest absolute Gasteiger partial charge is 0.492 e. The van der Waals surface area contributed by atoms with Gasteiger partial charge >= 0.3 is 0 Å². The van der Waals surface area contributed by atoms with Crippen LogP contribution in [-0.2, 0) is 6.54 Å². The van der Waals surface area contributed by atoms with E-state index in [1.165, 1.54) is 21.8 Å². The summed E-state index contributed by atoms with van der Waals surface area (Å²) in [6.07, 6.45) is 1.83. The van der Waals surface area contributed by atoms with Gasteiger partial charge in [0, 0.05) is 24.2 Å². The van der Waals surface area contributed by atoms with Crippen molar-refractivity contribution in [2.75, 3.05) is 25.9 Å². The second kappa shape index (κ2) is 8.09. The second-order valence-electron chi connectivity index (χ2n) is 4.52. The topological polar surface area (TPSA) is 51.4 Å². The molecule has 1 aromatic heterocycles. The van der Waals surface area contributed by atoms with Gasteiger partial charge in [-0.05, 0) is 25.6 Å². The van der Waals surface area contributed by atoms with Crippen LogP contribution in [0.5, 0.6) is 5.75 Å². The maximum Gasteiger partial charge on any atom is 0.180 e. The third-order valence-corrected chi connectivity index (χ3v) is 3.63. The summed E-state index contributed by atoms with van der Waals surface area (Å²) < 4.78 is 5.77. The molecule has 1 heterocycles. The number of aryl methyl sites for hydroxylation is 1. The average Bonchev–Trinajstić information content (AvgIpc) is 2.77. The SMILES string of the molecule is Cc1ccccc1OCCN(C)Cc1cnc(N)s1.Cl. The number of thiazole rings is 1. The zero-order valence-corrected chi connectivity index (χ0v) is 13.3. The Morgan fingerprint density at radius 2 is 2.10 bits per heavy atom. The van der Waals surface area contributed by atoms with Crippen molar-refractivity contribution in [2.45, 2.75) is 13.5 Å². The van der Waals surface area contributed by atoms with Crippen molar-refractivity contribution < 1.29 is 4.74 Å². The minimum absolute atomic E-state index is 0. The van der Waals surface area contributed by atoms with Crippen molar-refractivity contribution in [3.63, 3.8) is 0 Å². The molecule has 0 saturated carbocycles. The first-order valence-electron chi connectivity index (χ1n) is 6.22. The quantitative estimate of drug-likeness (QED) is 0.891. The highest BCUT2D eigenvalue weighted by atomic mass is 35.5. The predicted octanol–water partition coefficient (Wildman–Crippen LogP) is 2.97. The molecule has 0 aliphatic rings. The summed E-state index contributed by atoms with van der Waals surface area (Å²) in [4.78, 5) is 7.42. The van der Waals surface area contributed by atoms with Gasteiger partial charge in [0.2, 0.25) is 0 Å². The van der Waals surface area contributed by atoms with Crippen molar-refractivity contribution >= 4 is 28.9 Å². The highest BCUT2D eigenvalue weighted by Crippen LogP contribution is 2.17. The Hall–Kier alpha value is -1.30. The Bertz CT molecular complexity index is 533. The van der Waals surface area contributed by atoms with E-state index in [9.17, 15) is 0 Å². The number of nitrogens with zero attached hydrogens (tertiary/aromatic N) is 2. The fourth-order valence-electron chi connectivity index (χ4n) is 1.77. The van der Waals surface area contributed by atoms with E-state index in [2.05, 4.69) is 29.9 Å². The Morgan fingerprint density at radius 3 is 2.75 bits per heavy atom. The summed E-state index contributed by atoms with van der Waals surface area (Å²) in [5.74, 6) is 0.956. The van der Waals surface area contributed by atoms with E-state index < -0.39 is 0 Å². The molecule has 0 saturated heterocycles. The molecule has 0 atom stereocenters. The molecule has 2 N–H and O–H groups in total. The minimum Gasteiger partial charge on any atom is -0.492 e. The van der Waals surface area contributed by atoms with Gasteiger partial charge in [-0.3, -0.25) is 4.90 Å². The van der Waals surface area contributed by atoms with Gasteiger partial charge in [-0.1, -0.05) is 18.2 Å². The van der Waals surface area contributed by atoms with Gasteiger partial charge in [-0.2, -0.15) is 0 Å². The molecule has 0 unspecified atom stereocenters. The molecule has 0 aliphatic carbocycles. The number of ether oxygens (including phenoxy) is 1. The van der Waals surface area contributed by atoms with Crippen LogP contribution >= 0.6 is 23.7 Å². The molecule has 0 spiro atoms. The first-order chi connectivity index (χ1) is 9.15. The molecule has 0 bridgehead atoms. The number of aromatic nitrogens is 1. The molecule has 2 aromatic rings. The van der Waals surface area contributed by atoms with Gasteiger partial charge < -0.3 is 10.5 Å². The van der Waals surface area contributed by atoms with Crippen molar-refractivity contribution in [3.8, 4) is 5.75 Å². The van der Waals surface area contributed by atoms with Crippen LogP contribution in [0.3, 0.4) is 0 Å². The Morgan fingerprint density at radius 1 is 1.35 bits per heavy atom. The molecular formula is C14H20ClN3OS. The normalized spacial score (nSPS) is 10.3. The number of rotatable bonds is 6. The molecule has 0 radical (unpaired) electrons. The van der Waals surface area contributed by atoms with Crippen molar-refractivity contribution in [3.05, 3.63) is 40.9 Å². The van der Waals surface area contributed by atoms with Crippen LogP contribution < -0.4 is 10.5 Å². The van der Waals surface area contributed by atoms with E-state index in [1.807, 2.05) is 24.4 Å². The van der Waals surface area contributed by atoms with Crippen LogP contribution in [0.1, 0.15) is 10.4 Å². The zero-order chi connectivity index (χ0) is 13.7. The molecule has 1 aromatic carbocycles. The third-order valence-electron chi connectivity index (χ3n) is 2.82. The number of hydrogen-bond donors (Lipinski definition) is 1. The van der Waals surface area contributed by atoms with E-state index in [0.717, 1.165) is 18.8 Å². The second-order valence-corrected chi connectivity index (χ2v) is 5.66. The first-order valence-corrected chi connectivity index (χ1v) is 7.04. The summed E-state index contributed by atoms with van der Waals surface area (Å²) in [5, 5.41) is 0.625. The van der Waals surface area contributed by atoms with Crippen LogP contribution in [0.4, 0.5) is 5.13 Å². The highest BCUT2D eigenvalue weighted by Gasteiger charge is 2.04. The molecule has 20 heavy (non-hydrogen) atoms. The summed E-state index contributed by atoms with van der Waals surface area (Å²) >= 11 is 1.53. The van der Waals surface area contributed by atoms with Gasteiger partial charge in [0.25, 0.3) is 0 Å².